The highest BCUT2D eigenvalue weighted by atomic mass is 32.2. The van der Waals surface area contributed by atoms with Gasteiger partial charge < -0.3 is 10.1 Å². The van der Waals surface area contributed by atoms with Crippen molar-refractivity contribution in [3.05, 3.63) is 0 Å². The normalized spacial score (nSPS) is 11.5. The maximum atomic E-state index is 11.7. The lowest BCUT2D eigenvalue weighted by molar-refractivity contribution is -0.143. The second kappa shape index (κ2) is 8.69. The molecular formula is C9H16F3NO2S. The Kier molecular flexibility index (Phi) is 8.46. The quantitative estimate of drug-likeness (QED) is 0.535. The summed E-state index contributed by atoms with van der Waals surface area (Å²) in [7, 11) is 0. The van der Waals surface area contributed by atoms with Gasteiger partial charge in [-0.1, -0.05) is 0 Å². The van der Waals surface area contributed by atoms with Crippen LogP contribution in [-0.4, -0.2) is 36.9 Å². The van der Waals surface area contributed by atoms with Gasteiger partial charge in [0.1, 0.15) is 0 Å². The number of alkyl halides is 3. The molecule has 0 aromatic rings. The van der Waals surface area contributed by atoms with Gasteiger partial charge in [-0.2, -0.15) is 13.2 Å². The molecule has 1 N–H and O–H groups in total. The van der Waals surface area contributed by atoms with E-state index < -0.39 is 5.51 Å². The third-order valence-electron chi connectivity index (χ3n) is 1.58. The monoisotopic (exact) mass is 259 g/mol. The van der Waals surface area contributed by atoms with Crippen molar-refractivity contribution in [2.75, 3.05) is 25.4 Å². The Morgan fingerprint density at radius 1 is 1.38 bits per heavy atom. The first kappa shape index (κ1) is 15.6. The molecule has 0 amide bonds. The molecule has 3 nitrogen and oxygen atoms in total. The van der Waals surface area contributed by atoms with E-state index in [0.29, 0.717) is 26.0 Å². The number of halogens is 3. The zero-order chi connectivity index (χ0) is 12.4. The lowest BCUT2D eigenvalue weighted by Crippen LogP contribution is -2.20. The molecule has 16 heavy (non-hydrogen) atoms. The van der Waals surface area contributed by atoms with E-state index in [-0.39, 0.29) is 30.0 Å². The fraction of sp³-hybridized carbons (Fsp3) is 0.889. The van der Waals surface area contributed by atoms with Gasteiger partial charge in [0.05, 0.1) is 6.61 Å². The van der Waals surface area contributed by atoms with Crippen LogP contribution in [0.3, 0.4) is 0 Å². The molecule has 0 aromatic carbocycles. The Labute approximate surface area is 97.1 Å². The summed E-state index contributed by atoms with van der Waals surface area (Å²) in [6.45, 7) is 2.89. The zero-order valence-electron chi connectivity index (χ0n) is 9.10. The molecule has 0 aliphatic rings. The van der Waals surface area contributed by atoms with Crippen molar-refractivity contribution < 1.29 is 22.7 Å². The van der Waals surface area contributed by atoms with Crippen LogP contribution in [-0.2, 0) is 9.53 Å². The van der Waals surface area contributed by atoms with Crippen molar-refractivity contribution in [3.63, 3.8) is 0 Å². The first-order valence-electron chi connectivity index (χ1n) is 5.02. The Morgan fingerprint density at radius 2 is 2.06 bits per heavy atom. The number of hydrogen-bond acceptors (Lipinski definition) is 4. The maximum Gasteiger partial charge on any atom is 0.441 e. The molecule has 0 heterocycles. The number of rotatable bonds is 8. The van der Waals surface area contributed by atoms with Gasteiger partial charge in [-0.05, 0) is 31.7 Å². The first-order valence-corrected chi connectivity index (χ1v) is 6.01. The van der Waals surface area contributed by atoms with Crippen molar-refractivity contribution in [3.8, 4) is 0 Å². The zero-order valence-corrected chi connectivity index (χ0v) is 9.92. The number of hydrogen-bond donors (Lipinski definition) is 1. The minimum absolute atomic E-state index is 0.0110. The van der Waals surface area contributed by atoms with E-state index in [4.69, 9.17) is 4.74 Å². The van der Waals surface area contributed by atoms with Crippen LogP contribution in [0.5, 0.6) is 0 Å². The number of thioether (sulfide) groups is 1. The smallest absolute Gasteiger partial charge is 0.441 e. The van der Waals surface area contributed by atoms with Crippen molar-refractivity contribution in [2.45, 2.75) is 25.3 Å². The van der Waals surface area contributed by atoms with Gasteiger partial charge in [0.15, 0.2) is 0 Å². The number of carbonyl (C=O) groups is 1. The molecule has 96 valence electrons. The van der Waals surface area contributed by atoms with Crippen LogP contribution in [0.1, 0.15) is 19.8 Å². The van der Waals surface area contributed by atoms with Crippen LogP contribution < -0.4 is 5.32 Å². The van der Waals surface area contributed by atoms with Gasteiger partial charge in [0, 0.05) is 18.7 Å². The molecule has 0 aliphatic carbocycles. The second-order valence-electron chi connectivity index (χ2n) is 2.95. The van der Waals surface area contributed by atoms with Crippen LogP contribution >= 0.6 is 11.8 Å². The number of carbonyl (C=O) groups excluding carboxylic acids is 1. The van der Waals surface area contributed by atoms with Gasteiger partial charge in [0.25, 0.3) is 0 Å². The lowest BCUT2D eigenvalue weighted by Gasteiger charge is -2.06. The molecule has 0 atom stereocenters. The van der Waals surface area contributed by atoms with E-state index in [1.165, 1.54) is 0 Å². The van der Waals surface area contributed by atoms with Crippen molar-refractivity contribution in [2.24, 2.45) is 0 Å². The highest BCUT2D eigenvalue weighted by Gasteiger charge is 2.27. The second-order valence-corrected chi connectivity index (χ2v) is 4.11. The van der Waals surface area contributed by atoms with Crippen molar-refractivity contribution in [1.29, 1.82) is 0 Å². The van der Waals surface area contributed by atoms with E-state index in [2.05, 4.69) is 5.32 Å². The lowest BCUT2D eigenvalue weighted by atomic mass is 10.3. The number of esters is 1. The van der Waals surface area contributed by atoms with Crippen LogP contribution in [0.15, 0.2) is 0 Å². The molecule has 0 unspecified atom stereocenters. The number of nitrogens with one attached hydrogen (secondary N) is 1. The average molecular weight is 259 g/mol. The fourth-order valence-corrected chi connectivity index (χ4v) is 1.43. The van der Waals surface area contributed by atoms with Crippen LogP contribution in [0.25, 0.3) is 0 Å². The highest BCUT2D eigenvalue weighted by Crippen LogP contribution is 2.29. The van der Waals surface area contributed by atoms with E-state index >= 15 is 0 Å². The largest absolute Gasteiger partial charge is 0.466 e. The summed E-state index contributed by atoms with van der Waals surface area (Å²) in [5, 5.41) is 2.83. The molecule has 0 radical (unpaired) electrons. The third-order valence-corrected chi connectivity index (χ3v) is 2.32. The number of ether oxygens (including phenoxy) is 1. The molecule has 0 aliphatic heterocycles. The SMILES string of the molecule is CCOC(=O)CCCNCCSC(F)(F)F. The predicted octanol–water partition coefficient (Wildman–Crippen LogP) is 2.17. The predicted molar refractivity (Wildman–Crippen MR) is 57.2 cm³/mol. The van der Waals surface area contributed by atoms with Crippen LogP contribution in [0.2, 0.25) is 0 Å². The van der Waals surface area contributed by atoms with Crippen molar-refractivity contribution in [1.82, 2.24) is 5.32 Å². The van der Waals surface area contributed by atoms with E-state index in [0.717, 1.165) is 0 Å². The van der Waals surface area contributed by atoms with Gasteiger partial charge >= 0.3 is 11.5 Å². The van der Waals surface area contributed by atoms with Gasteiger partial charge in [0.2, 0.25) is 0 Å². The molecule has 0 saturated heterocycles. The van der Waals surface area contributed by atoms with Gasteiger partial charge in [-0.15, -0.1) is 0 Å². The molecule has 0 rings (SSSR count). The Morgan fingerprint density at radius 3 is 2.62 bits per heavy atom. The Balaban J connectivity index is 3.19. The highest BCUT2D eigenvalue weighted by molar-refractivity contribution is 8.00. The minimum atomic E-state index is -4.16. The minimum Gasteiger partial charge on any atom is -0.466 e. The Bertz CT molecular complexity index is 200. The van der Waals surface area contributed by atoms with Gasteiger partial charge in [-0.25, -0.2) is 0 Å². The average Bonchev–Trinajstić information content (AvgIpc) is 2.15. The molecule has 0 saturated carbocycles. The summed E-state index contributed by atoms with van der Waals surface area (Å²) >= 11 is -0.0481. The summed E-state index contributed by atoms with van der Waals surface area (Å²) in [5.41, 5.74) is -4.16. The molecule has 0 bridgehead atoms. The molecule has 0 fully saturated rings. The van der Waals surface area contributed by atoms with Crippen LogP contribution in [0, 0.1) is 0 Å². The summed E-state index contributed by atoms with van der Waals surface area (Å²) in [6, 6.07) is 0. The van der Waals surface area contributed by atoms with Crippen LogP contribution in [0.4, 0.5) is 13.2 Å². The summed E-state index contributed by atoms with van der Waals surface area (Å²) in [5.74, 6) is -0.280. The first-order chi connectivity index (χ1) is 7.45. The summed E-state index contributed by atoms with van der Waals surface area (Å²) < 4.78 is 39.8. The molecule has 0 spiro atoms. The summed E-state index contributed by atoms with van der Waals surface area (Å²) in [6.07, 6.45) is 0.878. The van der Waals surface area contributed by atoms with Gasteiger partial charge in [-0.3, -0.25) is 4.79 Å². The molecule has 0 aromatic heterocycles. The van der Waals surface area contributed by atoms with E-state index in [9.17, 15) is 18.0 Å². The van der Waals surface area contributed by atoms with E-state index in [1.54, 1.807) is 6.92 Å². The fourth-order valence-electron chi connectivity index (χ4n) is 0.955. The standard InChI is InChI=1S/C9H16F3NO2S/c1-2-15-8(14)4-3-5-13-6-7-16-9(10,11)12/h13H,2-7H2,1H3. The summed E-state index contributed by atoms with van der Waals surface area (Å²) in [4.78, 5) is 10.9. The maximum absolute atomic E-state index is 11.7. The molecular weight excluding hydrogens is 243 g/mol. The Hall–Kier alpha value is -0.430. The van der Waals surface area contributed by atoms with Crippen molar-refractivity contribution >= 4 is 17.7 Å². The third kappa shape index (κ3) is 11.6. The molecule has 7 heteroatoms. The topological polar surface area (TPSA) is 38.3 Å². The van der Waals surface area contributed by atoms with E-state index in [1.807, 2.05) is 0 Å².